The molecule has 14 heavy (non-hydrogen) atoms. The summed E-state index contributed by atoms with van der Waals surface area (Å²) in [5, 5.41) is 9.25. The zero-order valence-corrected chi connectivity index (χ0v) is 8.72. The van der Waals surface area contributed by atoms with Gasteiger partial charge in [-0.05, 0) is 25.0 Å². The van der Waals surface area contributed by atoms with Gasteiger partial charge in [0.05, 0.1) is 5.02 Å². The van der Waals surface area contributed by atoms with Gasteiger partial charge in [0, 0.05) is 18.6 Å². The fourth-order valence-electron chi connectivity index (χ4n) is 1.05. The quantitative estimate of drug-likeness (QED) is 0.598. The Hall–Kier alpha value is -0.970. The van der Waals surface area contributed by atoms with Crippen LogP contribution >= 0.6 is 11.6 Å². The van der Waals surface area contributed by atoms with Crippen LogP contribution < -0.4 is 0 Å². The highest BCUT2D eigenvalue weighted by atomic mass is 35.5. The summed E-state index contributed by atoms with van der Waals surface area (Å²) < 4.78 is 0. The number of benzene rings is 1. The molecule has 2 heteroatoms. The van der Waals surface area contributed by atoms with Crippen LogP contribution in [0.2, 0.25) is 5.02 Å². The molecule has 1 rings (SSSR count). The van der Waals surface area contributed by atoms with Gasteiger partial charge in [-0.1, -0.05) is 35.6 Å². The summed E-state index contributed by atoms with van der Waals surface area (Å²) in [5.41, 5.74) is 0.873. The van der Waals surface area contributed by atoms with Crippen LogP contribution in [0.15, 0.2) is 24.3 Å². The van der Waals surface area contributed by atoms with Crippen LogP contribution in [0.25, 0.3) is 0 Å². The fourth-order valence-corrected chi connectivity index (χ4v) is 1.23. The van der Waals surface area contributed by atoms with Gasteiger partial charge in [-0.3, -0.25) is 0 Å². The van der Waals surface area contributed by atoms with Crippen LogP contribution in [0, 0.1) is 11.8 Å². The third kappa shape index (κ3) is 3.83. The van der Waals surface area contributed by atoms with Gasteiger partial charge >= 0.3 is 0 Å². The summed E-state index contributed by atoms with van der Waals surface area (Å²) in [6.07, 6.45) is 2.57. The molecule has 0 heterocycles. The molecule has 1 aromatic rings. The summed E-state index contributed by atoms with van der Waals surface area (Å²) in [6.45, 7) is 0.244. The van der Waals surface area contributed by atoms with Crippen molar-refractivity contribution in [3.05, 3.63) is 34.9 Å². The van der Waals surface area contributed by atoms with E-state index in [1.54, 1.807) is 0 Å². The van der Waals surface area contributed by atoms with E-state index in [0.717, 1.165) is 24.8 Å². The highest BCUT2D eigenvalue weighted by molar-refractivity contribution is 6.31. The predicted molar refractivity (Wildman–Crippen MR) is 59.3 cm³/mol. The minimum atomic E-state index is 0.244. The lowest BCUT2D eigenvalue weighted by Gasteiger charge is -1.93. The molecule has 0 aliphatic heterocycles. The van der Waals surface area contributed by atoms with Crippen LogP contribution in [-0.2, 0) is 0 Å². The molecule has 1 nitrogen and oxygen atoms in total. The first kappa shape index (κ1) is 11.1. The van der Waals surface area contributed by atoms with Crippen molar-refractivity contribution in [3.63, 3.8) is 0 Å². The van der Waals surface area contributed by atoms with Gasteiger partial charge < -0.3 is 5.11 Å². The molecule has 0 fully saturated rings. The maximum absolute atomic E-state index is 8.56. The Morgan fingerprint density at radius 1 is 1.21 bits per heavy atom. The zero-order valence-electron chi connectivity index (χ0n) is 7.96. The first-order chi connectivity index (χ1) is 6.84. The smallest absolute Gasteiger partial charge is 0.0562 e. The summed E-state index contributed by atoms with van der Waals surface area (Å²) >= 11 is 5.92. The zero-order chi connectivity index (χ0) is 10.2. The van der Waals surface area contributed by atoms with Gasteiger partial charge in [0.15, 0.2) is 0 Å². The lowest BCUT2D eigenvalue weighted by atomic mass is 10.2. The lowest BCUT2D eigenvalue weighted by molar-refractivity contribution is 0.285. The molecule has 0 aliphatic rings. The topological polar surface area (TPSA) is 20.2 Å². The molecule has 74 valence electrons. The second-order valence-electron chi connectivity index (χ2n) is 2.96. The van der Waals surface area contributed by atoms with Crippen molar-refractivity contribution in [2.24, 2.45) is 0 Å². The maximum Gasteiger partial charge on any atom is 0.0562 e. The first-order valence-electron chi connectivity index (χ1n) is 4.69. The molecular formula is C12H13ClO. The van der Waals surface area contributed by atoms with Crippen molar-refractivity contribution < 1.29 is 5.11 Å². The number of unbranched alkanes of at least 4 members (excludes halogenated alkanes) is 2. The minimum Gasteiger partial charge on any atom is -0.396 e. The van der Waals surface area contributed by atoms with Crippen LogP contribution in [0.1, 0.15) is 24.8 Å². The molecule has 0 atom stereocenters. The number of aliphatic hydroxyl groups is 1. The second-order valence-corrected chi connectivity index (χ2v) is 3.37. The monoisotopic (exact) mass is 208 g/mol. The molecule has 0 saturated heterocycles. The molecule has 1 aromatic carbocycles. The Balaban J connectivity index is 2.47. The van der Waals surface area contributed by atoms with E-state index in [2.05, 4.69) is 11.8 Å². The van der Waals surface area contributed by atoms with E-state index in [1.807, 2.05) is 24.3 Å². The number of aliphatic hydroxyl groups excluding tert-OH is 1. The van der Waals surface area contributed by atoms with Gasteiger partial charge in [-0.25, -0.2) is 0 Å². The number of halogens is 1. The van der Waals surface area contributed by atoms with Crippen molar-refractivity contribution in [2.45, 2.75) is 19.3 Å². The van der Waals surface area contributed by atoms with E-state index < -0.39 is 0 Å². The Morgan fingerprint density at radius 2 is 2.00 bits per heavy atom. The van der Waals surface area contributed by atoms with E-state index in [4.69, 9.17) is 16.7 Å². The molecule has 0 spiro atoms. The van der Waals surface area contributed by atoms with Gasteiger partial charge in [0.2, 0.25) is 0 Å². The number of hydrogen-bond donors (Lipinski definition) is 1. The summed E-state index contributed by atoms with van der Waals surface area (Å²) in [7, 11) is 0. The fraction of sp³-hybridized carbons (Fsp3) is 0.333. The van der Waals surface area contributed by atoms with Gasteiger partial charge in [0.1, 0.15) is 0 Å². The SMILES string of the molecule is OCCCCC#Cc1ccccc1Cl. The summed E-state index contributed by atoms with van der Waals surface area (Å²) in [5.74, 6) is 6.04. The molecule has 0 unspecified atom stereocenters. The van der Waals surface area contributed by atoms with Crippen LogP contribution in [0.4, 0.5) is 0 Å². The van der Waals surface area contributed by atoms with Crippen LogP contribution in [0.3, 0.4) is 0 Å². The Morgan fingerprint density at radius 3 is 2.71 bits per heavy atom. The average Bonchev–Trinajstić information content (AvgIpc) is 2.20. The van der Waals surface area contributed by atoms with E-state index >= 15 is 0 Å². The molecule has 0 radical (unpaired) electrons. The van der Waals surface area contributed by atoms with Crippen LogP contribution in [0.5, 0.6) is 0 Å². The van der Waals surface area contributed by atoms with Gasteiger partial charge in [-0.15, -0.1) is 0 Å². The minimum absolute atomic E-state index is 0.244. The van der Waals surface area contributed by atoms with Crippen molar-refractivity contribution in [1.82, 2.24) is 0 Å². The van der Waals surface area contributed by atoms with E-state index in [0.29, 0.717) is 5.02 Å². The average molecular weight is 209 g/mol. The highest BCUT2D eigenvalue weighted by Crippen LogP contribution is 2.13. The third-order valence-corrected chi connectivity index (χ3v) is 2.14. The number of rotatable bonds is 3. The molecule has 0 aromatic heterocycles. The highest BCUT2D eigenvalue weighted by Gasteiger charge is 1.92. The molecule has 0 aliphatic carbocycles. The van der Waals surface area contributed by atoms with E-state index in [1.165, 1.54) is 0 Å². The van der Waals surface area contributed by atoms with E-state index in [9.17, 15) is 0 Å². The van der Waals surface area contributed by atoms with Crippen molar-refractivity contribution >= 4 is 11.6 Å². The lowest BCUT2D eigenvalue weighted by Crippen LogP contribution is -1.81. The summed E-state index contributed by atoms with van der Waals surface area (Å²) in [4.78, 5) is 0. The Labute approximate surface area is 89.7 Å². The number of hydrogen-bond acceptors (Lipinski definition) is 1. The van der Waals surface area contributed by atoms with Crippen molar-refractivity contribution in [3.8, 4) is 11.8 Å². The van der Waals surface area contributed by atoms with Crippen LogP contribution in [-0.4, -0.2) is 11.7 Å². The summed E-state index contributed by atoms with van der Waals surface area (Å²) in [6, 6.07) is 7.55. The molecule has 0 bridgehead atoms. The molecule has 0 amide bonds. The standard InChI is InChI=1S/C12H13ClO/c13-12-9-5-4-8-11(12)7-3-1-2-6-10-14/h4-5,8-9,14H,1-2,6,10H2. The molecular weight excluding hydrogens is 196 g/mol. The van der Waals surface area contributed by atoms with Crippen molar-refractivity contribution in [1.29, 1.82) is 0 Å². The largest absolute Gasteiger partial charge is 0.396 e. The second kappa shape index (κ2) is 6.48. The molecule has 1 N–H and O–H groups in total. The van der Waals surface area contributed by atoms with Crippen molar-refractivity contribution in [2.75, 3.05) is 6.61 Å². The third-order valence-electron chi connectivity index (χ3n) is 1.81. The van der Waals surface area contributed by atoms with E-state index in [-0.39, 0.29) is 6.61 Å². The Bertz CT molecular complexity index is 336. The molecule has 0 saturated carbocycles. The van der Waals surface area contributed by atoms with Gasteiger partial charge in [-0.2, -0.15) is 0 Å². The maximum atomic E-state index is 8.56. The van der Waals surface area contributed by atoms with Gasteiger partial charge in [0.25, 0.3) is 0 Å². The predicted octanol–water partition coefficient (Wildman–Crippen LogP) is 2.85. The normalized spacial score (nSPS) is 9.29. The Kier molecular flexibility index (Phi) is 5.14. The first-order valence-corrected chi connectivity index (χ1v) is 5.06.